The van der Waals surface area contributed by atoms with E-state index in [4.69, 9.17) is 0 Å². The normalized spacial score (nSPS) is 17.4. The number of benzene rings is 3. The van der Waals surface area contributed by atoms with Gasteiger partial charge in [0.15, 0.2) is 0 Å². The summed E-state index contributed by atoms with van der Waals surface area (Å²) in [6, 6.07) is 19.8. The summed E-state index contributed by atoms with van der Waals surface area (Å²) in [6.45, 7) is 4.31. The third-order valence-electron chi connectivity index (χ3n) is 5.14. The summed E-state index contributed by atoms with van der Waals surface area (Å²) in [7, 11) is 0. The van der Waals surface area contributed by atoms with Gasteiger partial charge in [-0.15, -0.1) is 0 Å². The standard InChI is InChI=1S/C21H24N2O/c24-14-9-20(23-12-10-22-11-13-23)21-18-7-3-1-5-16(18)15-17-6-2-4-8-19(17)21/h1-8,15,20,22,24H,9-14H2/t20-/m1/s1. The lowest BCUT2D eigenvalue weighted by molar-refractivity contribution is 0.143. The molecular formula is C21H24N2O. The quantitative estimate of drug-likeness (QED) is 0.724. The highest BCUT2D eigenvalue weighted by Gasteiger charge is 2.25. The first kappa shape index (κ1) is 15.6. The van der Waals surface area contributed by atoms with E-state index in [0.29, 0.717) is 0 Å². The van der Waals surface area contributed by atoms with Crippen LogP contribution >= 0.6 is 0 Å². The van der Waals surface area contributed by atoms with Crippen LogP contribution in [0.1, 0.15) is 18.0 Å². The van der Waals surface area contributed by atoms with Gasteiger partial charge in [0.25, 0.3) is 0 Å². The number of rotatable bonds is 4. The Kier molecular flexibility index (Phi) is 4.48. The van der Waals surface area contributed by atoms with Crippen LogP contribution in [-0.4, -0.2) is 42.8 Å². The Morgan fingerprint density at radius 2 is 1.50 bits per heavy atom. The van der Waals surface area contributed by atoms with Crippen molar-refractivity contribution in [1.29, 1.82) is 0 Å². The Balaban J connectivity index is 1.96. The second-order valence-electron chi connectivity index (χ2n) is 6.55. The lowest BCUT2D eigenvalue weighted by atomic mass is 9.90. The molecule has 3 aromatic carbocycles. The molecule has 2 N–H and O–H groups in total. The first-order valence-corrected chi connectivity index (χ1v) is 8.84. The van der Waals surface area contributed by atoms with Crippen molar-refractivity contribution in [2.24, 2.45) is 0 Å². The summed E-state index contributed by atoms with van der Waals surface area (Å²) in [5, 5.41) is 18.4. The van der Waals surface area contributed by atoms with Crippen LogP contribution in [-0.2, 0) is 0 Å². The summed E-state index contributed by atoms with van der Waals surface area (Å²) in [4.78, 5) is 2.53. The Labute approximate surface area is 142 Å². The van der Waals surface area contributed by atoms with Crippen LogP contribution in [0, 0.1) is 0 Å². The molecule has 1 aliphatic heterocycles. The van der Waals surface area contributed by atoms with Gasteiger partial charge in [0.1, 0.15) is 0 Å². The fourth-order valence-corrected chi connectivity index (χ4v) is 4.03. The van der Waals surface area contributed by atoms with E-state index in [-0.39, 0.29) is 12.6 Å². The third kappa shape index (κ3) is 2.80. The fourth-order valence-electron chi connectivity index (χ4n) is 4.03. The SMILES string of the molecule is OCC[C@H](c1c2ccccc2cc2ccccc12)N1CCNCC1. The van der Waals surface area contributed by atoms with Crippen LogP contribution < -0.4 is 5.32 Å². The van der Waals surface area contributed by atoms with Crippen molar-refractivity contribution in [1.82, 2.24) is 10.2 Å². The molecule has 24 heavy (non-hydrogen) atoms. The highest BCUT2D eigenvalue weighted by Crippen LogP contribution is 2.37. The van der Waals surface area contributed by atoms with Gasteiger partial charge >= 0.3 is 0 Å². The topological polar surface area (TPSA) is 35.5 Å². The van der Waals surface area contributed by atoms with Crippen molar-refractivity contribution in [2.75, 3.05) is 32.8 Å². The molecule has 0 unspecified atom stereocenters. The Morgan fingerprint density at radius 1 is 0.917 bits per heavy atom. The van der Waals surface area contributed by atoms with Gasteiger partial charge in [-0.05, 0) is 39.6 Å². The van der Waals surface area contributed by atoms with Crippen molar-refractivity contribution in [2.45, 2.75) is 12.5 Å². The minimum atomic E-state index is 0.214. The molecular weight excluding hydrogens is 296 g/mol. The number of aliphatic hydroxyl groups excluding tert-OH is 1. The predicted molar refractivity (Wildman–Crippen MR) is 100 cm³/mol. The smallest absolute Gasteiger partial charge is 0.0449 e. The van der Waals surface area contributed by atoms with Crippen LogP contribution in [0.2, 0.25) is 0 Å². The highest BCUT2D eigenvalue weighted by molar-refractivity contribution is 6.02. The van der Waals surface area contributed by atoms with E-state index in [0.717, 1.165) is 32.6 Å². The van der Waals surface area contributed by atoms with Crippen LogP contribution in [0.15, 0.2) is 54.6 Å². The van der Waals surface area contributed by atoms with Gasteiger partial charge in [0.05, 0.1) is 0 Å². The average Bonchev–Trinajstić information content (AvgIpc) is 2.65. The third-order valence-corrected chi connectivity index (χ3v) is 5.14. The highest BCUT2D eigenvalue weighted by atomic mass is 16.3. The van der Waals surface area contributed by atoms with Crippen molar-refractivity contribution >= 4 is 21.5 Å². The zero-order valence-corrected chi connectivity index (χ0v) is 13.9. The molecule has 0 saturated carbocycles. The second-order valence-corrected chi connectivity index (χ2v) is 6.55. The van der Waals surface area contributed by atoms with Gasteiger partial charge in [0, 0.05) is 38.8 Å². The maximum absolute atomic E-state index is 9.73. The average molecular weight is 320 g/mol. The van der Waals surface area contributed by atoms with Crippen LogP contribution in [0.5, 0.6) is 0 Å². The fraction of sp³-hybridized carbons (Fsp3) is 0.333. The Hall–Kier alpha value is -1.94. The largest absolute Gasteiger partial charge is 0.396 e. The number of aliphatic hydroxyl groups is 1. The summed E-state index contributed by atoms with van der Waals surface area (Å²) in [6.07, 6.45) is 0.776. The van der Waals surface area contributed by atoms with Gasteiger partial charge in [-0.2, -0.15) is 0 Å². The van der Waals surface area contributed by atoms with Crippen LogP contribution in [0.3, 0.4) is 0 Å². The monoisotopic (exact) mass is 320 g/mol. The minimum Gasteiger partial charge on any atom is -0.396 e. The summed E-state index contributed by atoms with van der Waals surface area (Å²) in [5.41, 5.74) is 1.37. The number of hydrogen-bond acceptors (Lipinski definition) is 3. The molecule has 0 radical (unpaired) electrons. The molecule has 3 nitrogen and oxygen atoms in total. The summed E-state index contributed by atoms with van der Waals surface area (Å²) >= 11 is 0. The van der Waals surface area contributed by atoms with Gasteiger partial charge in [-0.1, -0.05) is 48.5 Å². The molecule has 1 aliphatic rings. The predicted octanol–water partition coefficient (Wildman–Crippen LogP) is 3.32. The van der Waals surface area contributed by atoms with E-state index >= 15 is 0 Å². The van der Waals surface area contributed by atoms with E-state index in [1.165, 1.54) is 27.1 Å². The molecule has 124 valence electrons. The molecule has 0 aromatic heterocycles. The molecule has 0 amide bonds. The minimum absolute atomic E-state index is 0.214. The van der Waals surface area contributed by atoms with E-state index in [1.54, 1.807) is 0 Å². The molecule has 0 aliphatic carbocycles. The van der Waals surface area contributed by atoms with Crippen molar-refractivity contribution in [3.8, 4) is 0 Å². The zero-order chi connectivity index (χ0) is 16.4. The maximum Gasteiger partial charge on any atom is 0.0449 e. The molecule has 1 fully saturated rings. The van der Waals surface area contributed by atoms with Crippen LogP contribution in [0.25, 0.3) is 21.5 Å². The molecule has 0 spiro atoms. The van der Waals surface area contributed by atoms with Gasteiger partial charge in [-0.25, -0.2) is 0 Å². The van der Waals surface area contributed by atoms with Crippen molar-refractivity contribution in [3.05, 3.63) is 60.2 Å². The molecule has 3 heteroatoms. The lowest BCUT2D eigenvalue weighted by Crippen LogP contribution is -2.45. The molecule has 3 aromatic rings. The van der Waals surface area contributed by atoms with Crippen molar-refractivity contribution < 1.29 is 5.11 Å². The Morgan fingerprint density at radius 3 is 2.08 bits per heavy atom. The first-order chi connectivity index (χ1) is 11.9. The molecule has 4 rings (SSSR count). The van der Waals surface area contributed by atoms with Crippen LogP contribution in [0.4, 0.5) is 0 Å². The Bertz CT molecular complexity index is 785. The summed E-state index contributed by atoms with van der Waals surface area (Å²) < 4.78 is 0. The molecule has 0 bridgehead atoms. The first-order valence-electron chi connectivity index (χ1n) is 8.84. The maximum atomic E-state index is 9.73. The van der Waals surface area contributed by atoms with E-state index in [9.17, 15) is 5.11 Å². The number of hydrogen-bond donors (Lipinski definition) is 2. The number of nitrogens with zero attached hydrogens (tertiary/aromatic N) is 1. The van der Waals surface area contributed by atoms with Gasteiger partial charge in [-0.3, -0.25) is 4.90 Å². The van der Waals surface area contributed by atoms with Crippen molar-refractivity contribution in [3.63, 3.8) is 0 Å². The zero-order valence-electron chi connectivity index (χ0n) is 13.9. The molecule has 1 atom stereocenters. The number of fused-ring (bicyclic) bond motifs is 2. The lowest BCUT2D eigenvalue weighted by Gasteiger charge is -2.36. The van der Waals surface area contributed by atoms with Gasteiger partial charge in [0.2, 0.25) is 0 Å². The van der Waals surface area contributed by atoms with E-state index < -0.39 is 0 Å². The van der Waals surface area contributed by atoms with Gasteiger partial charge < -0.3 is 10.4 Å². The van der Waals surface area contributed by atoms with E-state index in [2.05, 4.69) is 64.8 Å². The number of nitrogens with one attached hydrogen (secondary N) is 1. The summed E-state index contributed by atoms with van der Waals surface area (Å²) in [5.74, 6) is 0. The molecule has 1 heterocycles. The van der Waals surface area contributed by atoms with E-state index in [1.807, 2.05) is 0 Å². The second kappa shape index (κ2) is 6.89. The number of piperazine rings is 1. The molecule has 1 saturated heterocycles.